The van der Waals surface area contributed by atoms with Crippen LogP contribution in [0.3, 0.4) is 0 Å². The van der Waals surface area contributed by atoms with Crippen LogP contribution >= 0.6 is 35.6 Å². The van der Waals surface area contributed by atoms with Gasteiger partial charge >= 0.3 is 0 Å². The number of anilines is 1. The molecule has 17 heavy (non-hydrogen) atoms. The van der Waals surface area contributed by atoms with Gasteiger partial charge in [0, 0.05) is 18.7 Å². The predicted octanol–water partition coefficient (Wildman–Crippen LogP) is 2.67. The summed E-state index contributed by atoms with van der Waals surface area (Å²) in [6.45, 7) is 0.589. The van der Waals surface area contributed by atoms with Gasteiger partial charge in [0.2, 0.25) is 5.91 Å². The lowest BCUT2D eigenvalue weighted by atomic mass is 10.3. The number of nitrogens with one attached hydrogen (secondary N) is 2. The van der Waals surface area contributed by atoms with Gasteiger partial charge in [-0.1, -0.05) is 23.2 Å². The summed E-state index contributed by atoms with van der Waals surface area (Å²) in [4.78, 5) is 11.4. The highest BCUT2D eigenvalue weighted by molar-refractivity contribution is 6.37. The van der Waals surface area contributed by atoms with Crippen LogP contribution in [0, 0.1) is 0 Å². The van der Waals surface area contributed by atoms with Gasteiger partial charge in [-0.05, 0) is 19.2 Å². The zero-order valence-corrected chi connectivity index (χ0v) is 11.4. The number of amides is 1. The van der Waals surface area contributed by atoms with E-state index in [4.69, 9.17) is 23.2 Å². The Morgan fingerprint density at radius 1 is 1.35 bits per heavy atom. The fraction of sp³-hybridized carbons (Fsp3) is 0.300. The van der Waals surface area contributed by atoms with Gasteiger partial charge in [-0.3, -0.25) is 4.79 Å². The van der Waals surface area contributed by atoms with Crippen molar-refractivity contribution >= 4 is 47.2 Å². The van der Waals surface area contributed by atoms with Crippen molar-refractivity contribution in [3.63, 3.8) is 0 Å². The van der Waals surface area contributed by atoms with E-state index in [1.165, 1.54) is 12.1 Å². The van der Waals surface area contributed by atoms with Gasteiger partial charge in [0.1, 0.15) is 0 Å². The first kappa shape index (κ1) is 16.3. The molecule has 0 saturated heterocycles. The van der Waals surface area contributed by atoms with Crippen molar-refractivity contribution in [2.24, 2.45) is 0 Å². The average molecular weight is 300 g/mol. The normalized spacial score (nSPS) is 9.59. The molecule has 4 nitrogen and oxygen atoms in total. The Labute approximate surface area is 116 Å². The largest absolute Gasteiger partial charge is 0.505 e. The topological polar surface area (TPSA) is 61.4 Å². The van der Waals surface area contributed by atoms with Crippen molar-refractivity contribution in [1.29, 1.82) is 0 Å². The molecule has 3 N–H and O–H groups in total. The number of hydrogen-bond acceptors (Lipinski definition) is 3. The number of carbonyl (C=O) groups excluding carboxylic acids is 1. The van der Waals surface area contributed by atoms with E-state index in [0.717, 1.165) is 0 Å². The van der Waals surface area contributed by atoms with Gasteiger partial charge < -0.3 is 15.7 Å². The van der Waals surface area contributed by atoms with Crippen LogP contribution in [0.25, 0.3) is 0 Å². The van der Waals surface area contributed by atoms with Crippen LogP contribution in [0.1, 0.15) is 6.42 Å². The van der Waals surface area contributed by atoms with Gasteiger partial charge in [-0.25, -0.2) is 0 Å². The third-order valence-corrected chi connectivity index (χ3v) is 2.48. The van der Waals surface area contributed by atoms with E-state index >= 15 is 0 Å². The molecule has 96 valence electrons. The first-order valence-corrected chi connectivity index (χ1v) is 5.42. The number of halogens is 3. The SMILES string of the molecule is CNCCC(=O)Nc1cc(Cl)c(O)c(Cl)c1.Cl. The van der Waals surface area contributed by atoms with Crippen LogP contribution < -0.4 is 10.6 Å². The van der Waals surface area contributed by atoms with E-state index in [9.17, 15) is 9.90 Å². The molecule has 0 radical (unpaired) electrons. The van der Waals surface area contributed by atoms with Crippen molar-refractivity contribution in [3.05, 3.63) is 22.2 Å². The average Bonchev–Trinajstić information content (AvgIpc) is 2.23. The lowest BCUT2D eigenvalue weighted by Gasteiger charge is -2.07. The molecule has 0 aliphatic rings. The van der Waals surface area contributed by atoms with E-state index < -0.39 is 0 Å². The van der Waals surface area contributed by atoms with Gasteiger partial charge in [-0.2, -0.15) is 0 Å². The van der Waals surface area contributed by atoms with E-state index in [1.807, 2.05) is 0 Å². The summed E-state index contributed by atoms with van der Waals surface area (Å²) in [6.07, 6.45) is 0.354. The van der Waals surface area contributed by atoms with Gasteiger partial charge in [0.25, 0.3) is 0 Å². The van der Waals surface area contributed by atoms with Crippen LogP contribution in [0.2, 0.25) is 10.0 Å². The minimum atomic E-state index is -0.184. The minimum Gasteiger partial charge on any atom is -0.505 e. The number of phenols is 1. The van der Waals surface area contributed by atoms with Crippen LogP contribution in [0.5, 0.6) is 5.75 Å². The molecule has 0 fully saturated rings. The molecule has 0 aromatic heterocycles. The molecule has 1 aromatic carbocycles. The second-order valence-electron chi connectivity index (χ2n) is 3.19. The van der Waals surface area contributed by atoms with Crippen LogP contribution in [0.4, 0.5) is 5.69 Å². The highest BCUT2D eigenvalue weighted by Crippen LogP contribution is 2.34. The molecule has 1 aromatic rings. The van der Waals surface area contributed by atoms with Crippen molar-refractivity contribution in [2.45, 2.75) is 6.42 Å². The number of carbonyl (C=O) groups is 1. The molecule has 0 spiro atoms. The quantitative estimate of drug-likeness (QED) is 0.749. The number of hydrogen-bond donors (Lipinski definition) is 3. The molecule has 0 heterocycles. The first-order chi connectivity index (χ1) is 7.54. The molecule has 1 rings (SSSR count). The molecule has 0 aliphatic heterocycles. The third-order valence-electron chi connectivity index (χ3n) is 1.90. The predicted molar refractivity (Wildman–Crippen MR) is 72.5 cm³/mol. The van der Waals surface area contributed by atoms with E-state index in [1.54, 1.807) is 7.05 Å². The Morgan fingerprint density at radius 2 is 1.88 bits per heavy atom. The maximum absolute atomic E-state index is 11.4. The standard InChI is InChI=1S/C10H12Cl2N2O2.ClH/c1-13-3-2-9(15)14-6-4-7(11)10(16)8(12)5-6;/h4-5,13,16H,2-3H2,1H3,(H,14,15);1H. The second-order valence-corrected chi connectivity index (χ2v) is 4.00. The summed E-state index contributed by atoms with van der Waals surface area (Å²) in [6, 6.07) is 2.89. The number of phenolic OH excluding ortho intramolecular Hbond substituents is 1. The van der Waals surface area contributed by atoms with Crippen molar-refractivity contribution in [3.8, 4) is 5.75 Å². The highest BCUT2D eigenvalue weighted by atomic mass is 35.5. The molecule has 0 unspecified atom stereocenters. The van der Waals surface area contributed by atoms with Crippen LogP contribution in [-0.2, 0) is 4.79 Å². The molecule has 0 atom stereocenters. The molecular formula is C10H13Cl3N2O2. The van der Waals surface area contributed by atoms with Crippen LogP contribution in [0.15, 0.2) is 12.1 Å². The third kappa shape index (κ3) is 5.00. The lowest BCUT2D eigenvalue weighted by Crippen LogP contribution is -2.18. The molecule has 1 amide bonds. The van der Waals surface area contributed by atoms with E-state index in [-0.39, 0.29) is 34.1 Å². The summed E-state index contributed by atoms with van der Waals surface area (Å²) in [5.74, 6) is -0.330. The Morgan fingerprint density at radius 3 is 2.35 bits per heavy atom. The van der Waals surface area contributed by atoms with Gasteiger partial charge in [-0.15, -0.1) is 12.4 Å². The Hall–Kier alpha value is -0.680. The second kappa shape index (κ2) is 7.61. The minimum absolute atomic E-state index is 0. The molecule has 0 aliphatic carbocycles. The molecule has 0 saturated carbocycles. The Bertz CT molecular complexity index is 376. The summed E-state index contributed by atoms with van der Waals surface area (Å²) >= 11 is 11.4. The summed E-state index contributed by atoms with van der Waals surface area (Å²) in [5.41, 5.74) is 0.467. The monoisotopic (exact) mass is 298 g/mol. The number of benzene rings is 1. The van der Waals surface area contributed by atoms with Crippen molar-refractivity contribution < 1.29 is 9.90 Å². The van der Waals surface area contributed by atoms with Crippen molar-refractivity contribution in [2.75, 3.05) is 18.9 Å². The highest BCUT2D eigenvalue weighted by Gasteiger charge is 2.08. The maximum atomic E-state index is 11.4. The van der Waals surface area contributed by atoms with Crippen molar-refractivity contribution in [1.82, 2.24) is 5.32 Å². The molecule has 0 bridgehead atoms. The fourth-order valence-electron chi connectivity index (χ4n) is 1.10. The lowest BCUT2D eigenvalue weighted by molar-refractivity contribution is -0.116. The molecular weight excluding hydrogens is 286 g/mol. The Kier molecular flexibility index (Phi) is 7.30. The summed E-state index contributed by atoms with van der Waals surface area (Å²) in [7, 11) is 1.77. The van der Waals surface area contributed by atoms with E-state index in [0.29, 0.717) is 18.7 Å². The fourth-order valence-corrected chi connectivity index (χ4v) is 1.59. The van der Waals surface area contributed by atoms with Crippen LogP contribution in [-0.4, -0.2) is 24.6 Å². The van der Waals surface area contributed by atoms with E-state index in [2.05, 4.69) is 10.6 Å². The number of aromatic hydroxyl groups is 1. The number of rotatable bonds is 4. The zero-order chi connectivity index (χ0) is 12.1. The van der Waals surface area contributed by atoms with Gasteiger partial charge in [0.15, 0.2) is 5.75 Å². The summed E-state index contributed by atoms with van der Waals surface area (Å²) in [5, 5.41) is 15.0. The summed E-state index contributed by atoms with van der Waals surface area (Å²) < 4.78 is 0. The maximum Gasteiger partial charge on any atom is 0.225 e. The van der Waals surface area contributed by atoms with Gasteiger partial charge in [0.05, 0.1) is 10.0 Å². The molecule has 7 heteroatoms. The zero-order valence-electron chi connectivity index (χ0n) is 9.09. The smallest absolute Gasteiger partial charge is 0.225 e. The Balaban J connectivity index is 0.00000256. The first-order valence-electron chi connectivity index (χ1n) is 4.67.